The maximum atomic E-state index is 11.3. The molecule has 1 saturated heterocycles. The van der Waals surface area contributed by atoms with Crippen molar-refractivity contribution >= 4 is 17.5 Å². The van der Waals surface area contributed by atoms with E-state index in [1.165, 1.54) is 4.90 Å². The van der Waals surface area contributed by atoms with Gasteiger partial charge in [0, 0.05) is 10.6 Å². The molecule has 0 aromatic heterocycles. The van der Waals surface area contributed by atoms with Crippen molar-refractivity contribution in [2.45, 2.75) is 17.4 Å². The molecule has 74 valence electrons. The van der Waals surface area contributed by atoms with E-state index in [-0.39, 0.29) is 5.54 Å². The van der Waals surface area contributed by atoms with Crippen LogP contribution in [0, 0.1) is 0 Å². The third-order valence-corrected chi connectivity index (χ3v) is 3.85. The number of carbonyl (C=O) groups is 1. The normalized spacial score (nSPS) is 25.9. The lowest BCUT2D eigenvalue weighted by atomic mass is 9.91. The number of nitrogens with one attached hydrogen (secondary N) is 1. The van der Waals surface area contributed by atoms with E-state index in [0.717, 1.165) is 5.75 Å². The highest BCUT2D eigenvalue weighted by Crippen LogP contribution is 2.25. The number of hydrogen-bond acceptors (Lipinski definition) is 3. The Morgan fingerprint density at radius 1 is 1.43 bits per heavy atom. The van der Waals surface area contributed by atoms with Crippen molar-refractivity contribution in [3.8, 4) is 0 Å². The number of hydrogen-bond donors (Lipinski definition) is 1. The van der Waals surface area contributed by atoms with E-state index in [0.29, 0.717) is 12.3 Å². The van der Waals surface area contributed by atoms with E-state index >= 15 is 0 Å². The fourth-order valence-corrected chi connectivity index (χ4v) is 2.41. The Kier molecular flexibility index (Phi) is 2.61. The minimum atomic E-state index is -0.291. The highest BCUT2D eigenvalue weighted by atomic mass is 32.2. The van der Waals surface area contributed by atoms with Crippen LogP contribution in [0.25, 0.3) is 0 Å². The van der Waals surface area contributed by atoms with Gasteiger partial charge in [0.05, 0.1) is 12.1 Å². The Labute approximate surface area is 88.1 Å². The van der Waals surface area contributed by atoms with Crippen LogP contribution < -0.4 is 5.32 Å². The monoisotopic (exact) mass is 207 g/mol. The van der Waals surface area contributed by atoms with E-state index in [1.54, 1.807) is 11.8 Å². The van der Waals surface area contributed by atoms with Crippen LogP contribution in [0.2, 0.25) is 0 Å². The van der Waals surface area contributed by atoms with Gasteiger partial charge in [-0.2, -0.15) is 0 Å². The third-order valence-electron chi connectivity index (χ3n) is 2.53. The second-order valence-corrected chi connectivity index (χ2v) is 4.76. The van der Waals surface area contributed by atoms with Crippen LogP contribution in [0.15, 0.2) is 35.2 Å². The molecule has 1 aromatic carbocycles. The van der Waals surface area contributed by atoms with E-state index in [4.69, 9.17) is 0 Å². The van der Waals surface area contributed by atoms with Crippen molar-refractivity contribution in [2.75, 3.05) is 12.3 Å². The topological polar surface area (TPSA) is 29.1 Å². The molecule has 2 nitrogen and oxygen atoms in total. The lowest BCUT2D eigenvalue weighted by Crippen LogP contribution is -2.65. The van der Waals surface area contributed by atoms with Gasteiger partial charge in [0.1, 0.15) is 0 Å². The Bertz CT molecular complexity index is 338. The molecule has 0 amide bonds. The highest BCUT2D eigenvalue weighted by Gasteiger charge is 2.40. The summed E-state index contributed by atoms with van der Waals surface area (Å²) in [4.78, 5) is 12.5. The zero-order valence-corrected chi connectivity index (χ0v) is 8.93. The molecule has 1 atom stereocenters. The van der Waals surface area contributed by atoms with Gasteiger partial charge in [-0.3, -0.25) is 10.1 Å². The van der Waals surface area contributed by atoms with Gasteiger partial charge in [-0.15, -0.1) is 11.8 Å². The second-order valence-electron chi connectivity index (χ2n) is 3.71. The van der Waals surface area contributed by atoms with E-state index < -0.39 is 0 Å². The van der Waals surface area contributed by atoms with Gasteiger partial charge in [-0.05, 0) is 19.1 Å². The van der Waals surface area contributed by atoms with Crippen molar-refractivity contribution in [1.29, 1.82) is 0 Å². The van der Waals surface area contributed by atoms with Gasteiger partial charge in [-0.25, -0.2) is 0 Å². The molecule has 3 heteroatoms. The van der Waals surface area contributed by atoms with Crippen molar-refractivity contribution in [3.05, 3.63) is 30.3 Å². The minimum absolute atomic E-state index is 0.291. The Balaban J connectivity index is 1.92. The molecule has 2 rings (SSSR count). The summed E-state index contributed by atoms with van der Waals surface area (Å²) in [7, 11) is 0. The molecule has 0 spiro atoms. The molecule has 1 fully saturated rings. The maximum Gasteiger partial charge on any atom is 0.167 e. The molecule has 0 saturated carbocycles. The van der Waals surface area contributed by atoms with Crippen molar-refractivity contribution in [1.82, 2.24) is 5.32 Å². The van der Waals surface area contributed by atoms with E-state index in [9.17, 15) is 4.79 Å². The number of rotatable bonds is 3. The maximum absolute atomic E-state index is 11.3. The molecule has 1 heterocycles. The molecule has 0 radical (unpaired) electrons. The summed E-state index contributed by atoms with van der Waals surface area (Å²) in [5.74, 6) is 1.14. The number of benzene rings is 1. The first-order chi connectivity index (χ1) is 6.71. The van der Waals surface area contributed by atoms with Crippen LogP contribution in [0.1, 0.15) is 6.92 Å². The summed E-state index contributed by atoms with van der Waals surface area (Å²) in [6.07, 6.45) is 0. The quantitative estimate of drug-likeness (QED) is 0.765. The summed E-state index contributed by atoms with van der Waals surface area (Å²) in [5, 5.41) is 3.17. The zero-order valence-electron chi connectivity index (χ0n) is 8.12. The number of ketones is 1. The fourth-order valence-electron chi connectivity index (χ4n) is 1.34. The SMILES string of the molecule is CC1(CSc2ccccc2)NCC1=O. The first-order valence-corrected chi connectivity index (χ1v) is 5.65. The van der Waals surface area contributed by atoms with Gasteiger partial charge in [-0.1, -0.05) is 18.2 Å². The van der Waals surface area contributed by atoms with Gasteiger partial charge < -0.3 is 0 Å². The second kappa shape index (κ2) is 3.75. The van der Waals surface area contributed by atoms with Gasteiger partial charge >= 0.3 is 0 Å². The summed E-state index contributed by atoms with van der Waals surface area (Å²) < 4.78 is 0. The summed E-state index contributed by atoms with van der Waals surface area (Å²) in [6, 6.07) is 10.2. The molecule has 1 unspecified atom stereocenters. The molecular weight excluding hydrogens is 194 g/mol. The molecule has 1 N–H and O–H groups in total. The summed E-state index contributed by atoms with van der Waals surface area (Å²) in [5.41, 5.74) is -0.291. The number of thioether (sulfide) groups is 1. The molecule has 1 aliphatic heterocycles. The Hall–Kier alpha value is -0.800. The number of carbonyl (C=O) groups excluding carboxylic acids is 1. The largest absolute Gasteiger partial charge is 0.297 e. The zero-order chi connectivity index (χ0) is 10.0. The Morgan fingerprint density at radius 2 is 2.14 bits per heavy atom. The standard InChI is InChI=1S/C11H13NOS/c1-11(10(13)7-12-11)8-14-9-5-3-2-4-6-9/h2-6,12H,7-8H2,1H3. The van der Waals surface area contributed by atoms with Crippen molar-refractivity contribution in [2.24, 2.45) is 0 Å². The summed E-state index contributed by atoms with van der Waals surface area (Å²) >= 11 is 1.72. The van der Waals surface area contributed by atoms with Gasteiger partial charge in [0.25, 0.3) is 0 Å². The van der Waals surface area contributed by atoms with Crippen molar-refractivity contribution in [3.63, 3.8) is 0 Å². The smallest absolute Gasteiger partial charge is 0.167 e. The highest BCUT2D eigenvalue weighted by molar-refractivity contribution is 7.99. The van der Waals surface area contributed by atoms with Crippen LogP contribution in [0.4, 0.5) is 0 Å². The van der Waals surface area contributed by atoms with Crippen LogP contribution >= 0.6 is 11.8 Å². The van der Waals surface area contributed by atoms with Crippen LogP contribution in [-0.2, 0) is 4.79 Å². The molecule has 0 bridgehead atoms. The average molecular weight is 207 g/mol. The first-order valence-electron chi connectivity index (χ1n) is 4.67. The van der Waals surface area contributed by atoms with Gasteiger partial charge in [0.2, 0.25) is 0 Å². The summed E-state index contributed by atoms with van der Waals surface area (Å²) in [6.45, 7) is 2.50. The minimum Gasteiger partial charge on any atom is -0.297 e. The van der Waals surface area contributed by atoms with Gasteiger partial charge in [0.15, 0.2) is 5.78 Å². The van der Waals surface area contributed by atoms with Crippen LogP contribution in [0.5, 0.6) is 0 Å². The lowest BCUT2D eigenvalue weighted by molar-refractivity contribution is -0.129. The fraction of sp³-hybridized carbons (Fsp3) is 0.364. The number of Topliss-reactive ketones (excluding diaryl/α,β-unsaturated/α-hetero) is 1. The predicted molar refractivity (Wildman–Crippen MR) is 58.6 cm³/mol. The first kappa shape index (κ1) is 9.74. The van der Waals surface area contributed by atoms with Crippen LogP contribution in [-0.4, -0.2) is 23.6 Å². The van der Waals surface area contributed by atoms with E-state index in [1.807, 2.05) is 25.1 Å². The average Bonchev–Trinajstić information content (AvgIpc) is 2.25. The molecular formula is C11H13NOS. The molecule has 0 aliphatic carbocycles. The van der Waals surface area contributed by atoms with Crippen molar-refractivity contribution < 1.29 is 4.79 Å². The van der Waals surface area contributed by atoms with E-state index in [2.05, 4.69) is 17.4 Å². The lowest BCUT2D eigenvalue weighted by Gasteiger charge is -2.37. The molecule has 1 aromatic rings. The Morgan fingerprint density at radius 3 is 2.64 bits per heavy atom. The predicted octanol–water partition coefficient (Wildman–Crippen LogP) is 1.71. The van der Waals surface area contributed by atoms with Crippen LogP contribution in [0.3, 0.4) is 0 Å². The molecule has 1 aliphatic rings. The third kappa shape index (κ3) is 1.83. The molecule has 14 heavy (non-hydrogen) atoms.